The first-order chi connectivity index (χ1) is 12.5. The fraction of sp³-hybridized carbons (Fsp3) is 0.455. The molecule has 2 heterocycles. The van der Waals surface area contributed by atoms with Gasteiger partial charge >= 0.3 is 0 Å². The van der Waals surface area contributed by atoms with E-state index in [4.69, 9.17) is 0 Å². The van der Waals surface area contributed by atoms with E-state index in [-0.39, 0.29) is 0 Å². The second-order valence-electron chi connectivity index (χ2n) is 8.07. The summed E-state index contributed by atoms with van der Waals surface area (Å²) in [6.07, 6.45) is 3.34. The lowest BCUT2D eigenvalue weighted by atomic mass is 9.85. The van der Waals surface area contributed by atoms with E-state index in [0.717, 1.165) is 51.0 Å². The smallest absolute Gasteiger partial charge is 0.116 e. The molecule has 0 amide bonds. The van der Waals surface area contributed by atoms with Crippen molar-refractivity contribution in [2.45, 2.75) is 44.2 Å². The molecule has 1 saturated heterocycles. The minimum absolute atomic E-state index is 0.338. The van der Waals surface area contributed by atoms with Crippen LogP contribution < -0.4 is 5.32 Å². The summed E-state index contributed by atoms with van der Waals surface area (Å²) in [6.45, 7) is 4.94. The highest BCUT2D eigenvalue weighted by atomic mass is 16.3. The number of fused-ring (bicyclic) bond motifs is 1. The molecular weight excluding hydrogens is 324 g/mol. The number of aromatic hydroxyl groups is 1. The van der Waals surface area contributed by atoms with Crippen molar-refractivity contribution in [3.63, 3.8) is 0 Å². The van der Waals surface area contributed by atoms with Crippen LogP contribution in [0.5, 0.6) is 5.75 Å². The number of nitrogens with zero attached hydrogens (tertiary/aromatic N) is 1. The Balaban J connectivity index is 1.29. The normalized spacial score (nSPS) is 22.0. The van der Waals surface area contributed by atoms with Gasteiger partial charge in [0.15, 0.2) is 0 Å². The van der Waals surface area contributed by atoms with Crippen molar-refractivity contribution in [2.75, 3.05) is 25.0 Å². The monoisotopic (exact) mass is 352 g/mol. The maximum absolute atomic E-state index is 11.0. The highest BCUT2D eigenvalue weighted by Gasteiger charge is 2.33. The predicted octanol–water partition coefficient (Wildman–Crippen LogP) is 3.11. The molecule has 0 aromatic heterocycles. The summed E-state index contributed by atoms with van der Waals surface area (Å²) in [6, 6.07) is 14.4. The van der Waals surface area contributed by atoms with E-state index in [9.17, 15) is 10.2 Å². The number of aliphatic hydroxyl groups is 1. The zero-order chi connectivity index (χ0) is 18.1. The Hall–Kier alpha value is -2.04. The molecule has 26 heavy (non-hydrogen) atoms. The highest BCUT2D eigenvalue weighted by molar-refractivity contribution is 5.59. The van der Waals surface area contributed by atoms with Crippen LogP contribution in [-0.4, -0.2) is 46.4 Å². The van der Waals surface area contributed by atoms with Crippen LogP contribution in [0, 0.1) is 6.92 Å². The number of hydrogen-bond acceptors (Lipinski definition) is 4. The number of benzene rings is 2. The van der Waals surface area contributed by atoms with Crippen molar-refractivity contribution in [2.24, 2.45) is 0 Å². The van der Waals surface area contributed by atoms with Crippen molar-refractivity contribution in [3.05, 3.63) is 59.2 Å². The van der Waals surface area contributed by atoms with E-state index in [1.54, 1.807) is 6.07 Å². The molecule has 0 bridgehead atoms. The lowest BCUT2D eigenvalue weighted by Crippen LogP contribution is -2.48. The second-order valence-corrected chi connectivity index (χ2v) is 8.07. The van der Waals surface area contributed by atoms with Crippen molar-refractivity contribution in [3.8, 4) is 5.75 Å². The molecule has 1 fully saturated rings. The molecule has 2 aromatic rings. The molecule has 4 nitrogen and oxygen atoms in total. The van der Waals surface area contributed by atoms with Gasteiger partial charge in [0.05, 0.1) is 5.60 Å². The number of phenolic OH excluding ortho intramolecular Hbond substituents is 1. The number of hydrogen-bond donors (Lipinski definition) is 3. The Labute approximate surface area is 155 Å². The van der Waals surface area contributed by atoms with Crippen LogP contribution in [0.2, 0.25) is 0 Å². The number of piperidine rings is 1. The molecule has 0 spiro atoms. The minimum atomic E-state index is -0.580. The van der Waals surface area contributed by atoms with Gasteiger partial charge in [0.1, 0.15) is 5.75 Å². The average molecular weight is 352 g/mol. The number of nitrogens with one attached hydrogen (secondary N) is 1. The molecule has 2 aliphatic heterocycles. The van der Waals surface area contributed by atoms with E-state index in [2.05, 4.69) is 41.4 Å². The summed E-state index contributed by atoms with van der Waals surface area (Å²) in [5.41, 5.74) is 4.24. The summed E-state index contributed by atoms with van der Waals surface area (Å²) in [5.74, 6) is 0.338. The quantitative estimate of drug-likeness (QED) is 0.740. The molecule has 4 rings (SSSR count). The molecular formula is C22H28N2O2. The Morgan fingerprint density at radius 3 is 2.58 bits per heavy atom. The number of likely N-dealkylation sites (tertiary alicyclic amines) is 1. The maximum Gasteiger partial charge on any atom is 0.116 e. The third kappa shape index (κ3) is 3.87. The lowest BCUT2D eigenvalue weighted by molar-refractivity contribution is -0.0211. The zero-order valence-electron chi connectivity index (χ0n) is 15.4. The molecule has 4 heteroatoms. The molecule has 2 aromatic carbocycles. The van der Waals surface area contributed by atoms with Gasteiger partial charge in [-0.2, -0.15) is 0 Å². The van der Waals surface area contributed by atoms with Crippen LogP contribution in [0.1, 0.15) is 29.5 Å². The first kappa shape index (κ1) is 17.4. The van der Waals surface area contributed by atoms with Gasteiger partial charge in [-0.1, -0.05) is 29.8 Å². The molecule has 0 aliphatic carbocycles. The Bertz CT molecular complexity index is 764. The van der Waals surface area contributed by atoms with E-state index in [0.29, 0.717) is 11.8 Å². The topological polar surface area (TPSA) is 55.7 Å². The molecule has 138 valence electrons. The first-order valence-electron chi connectivity index (χ1n) is 9.58. The lowest BCUT2D eigenvalue weighted by Gasteiger charge is -2.39. The molecule has 0 unspecified atom stereocenters. The van der Waals surface area contributed by atoms with Crippen molar-refractivity contribution >= 4 is 5.69 Å². The SMILES string of the molecule is Cc1ccc(CC2(O)CCN(C[C@@H]3Cc4cc(O)ccc4N3)CC2)cc1. The van der Waals surface area contributed by atoms with Crippen molar-refractivity contribution in [1.29, 1.82) is 0 Å². The Kier molecular flexibility index (Phi) is 4.63. The maximum atomic E-state index is 11.0. The van der Waals surface area contributed by atoms with Crippen LogP contribution in [0.4, 0.5) is 5.69 Å². The van der Waals surface area contributed by atoms with E-state index in [1.165, 1.54) is 16.7 Å². The standard InChI is InChI=1S/C22H28N2O2/c1-16-2-4-17(5-3-16)14-22(26)8-10-24(11-9-22)15-19-12-18-13-20(25)6-7-21(18)23-19/h2-7,13,19,23,25-26H,8-12,14-15H2,1H3/t19-/m0/s1. The van der Waals surface area contributed by atoms with Crippen LogP contribution in [0.3, 0.4) is 0 Å². The highest BCUT2D eigenvalue weighted by Crippen LogP contribution is 2.31. The van der Waals surface area contributed by atoms with Crippen LogP contribution in [0.25, 0.3) is 0 Å². The predicted molar refractivity (Wildman–Crippen MR) is 105 cm³/mol. The van der Waals surface area contributed by atoms with Gasteiger partial charge < -0.3 is 20.4 Å². The van der Waals surface area contributed by atoms with E-state index >= 15 is 0 Å². The third-order valence-electron chi connectivity index (χ3n) is 5.83. The first-order valence-corrected chi connectivity index (χ1v) is 9.58. The van der Waals surface area contributed by atoms with Crippen molar-refractivity contribution in [1.82, 2.24) is 4.90 Å². The number of aryl methyl sites for hydroxylation is 1. The Morgan fingerprint density at radius 1 is 1.12 bits per heavy atom. The van der Waals surface area contributed by atoms with Crippen molar-refractivity contribution < 1.29 is 10.2 Å². The van der Waals surface area contributed by atoms with Gasteiger partial charge in [-0.05, 0) is 55.5 Å². The molecule has 2 aliphatic rings. The second kappa shape index (κ2) is 6.93. The fourth-order valence-electron chi connectivity index (χ4n) is 4.26. The summed E-state index contributed by atoms with van der Waals surface area (Å²) < 4.78 is 0. The summed E-state index contributed by atoms with van der Waals surface area (Å²) in [7, 11) is 0. The van der Waals surface area contributed by atoms with Gasteiger partial charge in [0, 0.05) is 37.8 Å². The van der Waals surface area contributed by atoms with Gasteiger partial charge in [-0.15, -0.1) is 0 Å². The Morgan fingerprint density at radius 2 is 1.85 bits per heavy atom. The summed E-state index contributed by atoms with van der Waals surface area (Å²) >= 11 is 0. The summed E-state index contributed by atoms with van der Waals surface area (Å²) in [4.78, 5) is 2.45. The molecule has 0 saturated carbocycles. The third-order valence-corrected chi connectivity index (χ3v) is 5.83. The van der Waals surface area contributed by atoms with Gasteiger partial charge in [-0.25, -0.2) is 0 Å². The van der Waals surface area contributed by atoms with E-state index in [1.807, 2.05) is 12.1 Å². The van der Waals surface area contributed by atoms with E-state index < -0.39 is 5.60 Å². The van der Waals surface area contributed by atoms with Crippen LogP contribution in [0.15, 0.2) is 42.5 Å². The van der Waals surface area contributed by atoms with Gasteiger partial charge in [0.2, 0.25) is 0 Å². The average Bonchev–Trinajstić information content (AvgIpc) is 3.01. The van der Waals surface area contributed by atoms with Gasteiger partial charge in [-0.3, -0.25) is 0 Å². The van der Waals surface area contributed by atoms with Crippen LogP contribution in [-0.2, 0) is 12.8 Å². The minimum Gasteiger partial charge on any atom is -0.508 e. The number of rotatable bonds is 4. The number of anilines is 1. The fourth-order valence-corrected chi connectivity index (χ4v) is 4.26. The zero-order valence-corrected chi connectivity index (χ0v) is 15.4. The number of phenols is 1. The molecule has 0 radical (unpaired) electrons. The molecule has 3 N–H and O–H groups in total. The van der Waals surface area contributed by atoms with Crippen LogP contribution >= 0.6 is 0 Å². The molecule has 1 atom stereocenters. The largest absolute Gasteiger partial charge is 0.508 e. The van der Waals surface area contributed by atoms with Gasteiger partial charge in [0.25, 0.3) is 0 Å². The summed E-state index contributed by atoms with van der Waals surface area (Å²) in [5, 5.41) is 24.2.